The summed E-state index contributed by atoms with van der Waals surface area (Å²) in [7, 11) is 2.29. The van der Waals surface area contributed by atoms with E-state index < -0.39 is 0 Å². The molecule has 0 amide bonds. The Morgan fingerprint density at radius 2 is 1.17 bits per heavy atom. The summed E-state index contributed by atoms with van der Waals surface area (Å²) >= 11 is 0.507. The normalized spacial score (nSPS) is 11.6. The molecule has 2 heteroatoms. The Morgan fingerprint density at radius 3 is 1.69 bits per heavy atom. The van der Waals surface area contributed by atoms with Crippen LogP contribution in [-0.2, 0) is 13.5 Å². The maximum atomic E-state index is 2.53. The van der Waals surface area contributed by atoms with Gasteiger partial charge in [0.25, 0.3) is 0 Å². The summed E-state index contributed by atoms with van der Waals surface area (Å²) in [5.74, 6) is 0. The van der Waals surface area contributed by atoms with Gasteiger partial charge < -0.3 is 0 Å². The van der Waals surface area contributed by atoms with Crippen LogP contribution in [0.4, 0.5) is 0 Å². The van der Waals surface area contributed by atoms with Gasteiger partial charge in [-0.05, 0) is 0 Å². The number of nitrogens with zero attached hydrogens (tertiary/aromatic N) is 1. The molecule has 0 unspecified atom stereocenters. The van der Waals surface area contributed by atoms with Crippen molar-refractivity contribution in [3.63, 3.8) is 0 Å². The average molecular weight is 464 g/mol. The third-order valence-corrected chi connectivity index (χ3v) is 8.53. The molecule has 0 aliphatic rings. The molecule has 1 nitrogen and oxygen atoms in total. The van der Waals surface area contributed by atoms with Crippen molar-refractivity contribution in [2.45, 2.75) is 123 Å². The van der Waals surface area contributed by atoms with E-state index in [9.17, 15) is 0 Å². The van der Waals surface area contributed by atoms with Gasteiger partial charge in [-0.2, -0.15) is 0 Å². The van der Waals surface area contributed by atoms with Gasteiger partial charge in [-0.25, -0.2) is 0 Å². The fraction of sp³-hybridized carbons (Fsp3) is 0.741. The van der Waals surface area contributed by atoms with Crippen molar-refractivity contribution in [3.05, 3.63) is 29.5 Å². The van der Waals surface area contributed by atoms with Gasteiger partial charge in [-0.3, -0.25) is 0 Å². The quantitative estimate of drug-likeness (QED) is 0.166. The van der Waals surface area contributed by atoms with Crippen LogP contribution in [0, 0.1) is 6.92 Å². The monoisotopic (exact) mass is 464 g/mol. The second-order valence-corrected chi connectivity index (χ2v) is 11.5. The maximum absolute atomic E-state index is 2.53. The summed E-state index contributed by atoms with van der Waals surface area (Å²) in [5.41, 5.74) is 3.01. The predicted octanol–water partition coefficient (Wildman–Crippen LogP) is 7.83. The molecule has 2 rings (SSSR count). The molecule has 0 fully saturated rings. The molecule has 164 valence electrons. The third kappa shape index (κ3) is 9.84. The van der Waals surface area contributed by atoms with E-state index in [4.69, 9.17) is 0 Å². The van der Waals surface area contributed by atoms with E-state index >= 15 is 0 Å². The predicted molar refractivity (Wildman–Crippen MR) is 130 cm³/mol. The summed E-state index contributed by atoms with van der Waals surface area (Å²) in [6.45, 7) is 4.52. The van der Waals surface area contributed by atoms with Gasteiger partial charge in [0.05, 0.1) is 0 Å². The standard InChI is InChI=1S/C27H46NSe/c1-4-5-6-7-8-9-10-11-12-13-14-15-16-17-18-19-20-26-25-23-24(2)21-22-27(25)29-28(26)3/h21-23H,4-20H2,1-3H3/q+1. The topological polar surface area (TPSA) is 3.88 Å². The first-order valence-electron chi connectivity index (χ1n) is 12.6. The first-order chi connectivity index (χ1) is 14.2. The summed E-state index contributed by atoms with van der Waals surface area (Å²) in [6.07, 6.45) is 24.4. The van der Waals surface area contributed by atoms with Crippen LogP contribution >= 0.6 is 0 Å². The minimum atomic E-state index is 0.507. The molecule has 0 saturated carbocycles. The third-order valence-electron chi connectivity index (χ3n) is 6.33. The van der Waals surface area contributed by atoms with E-state index in [2.05, 4.69) is 42.7 Å². The Bertz CT molecular complexity index is 672. The van der Waals surface area contributed by atoms with Crippen LogP contribution < -0.4 is 3.56 Å². The number of rotatable bonds is 17. The molecule has 0 aliphatic heterocycles. The first kappa shape index (κ1) is 24.7. The van der Waals surface area contributed by atoms with Crippen LogP contribution in [0.3, 0.4) is 0 Å². The van der Waals surface area contributed by atoms with Crippen molar-refractivity contribution in [2.24, 2.45) is 7.05 Å². The summed E-state index contributed by atoms with van der Waals surface area (Å²) < 4.78 is 4.11. The van der Waals surface area contributed by atoms with E-state index in [1.165, 1.54) is 115 Å². The second-order valence-electron chi connectivity index (χ2n) is 9.09. The van der Waals surface area contributed by atoms with Crippen molar-refractivity contribution in [1.82, 2.24) is 0 Å². The van der Waals surface area contributed by atoms with Crippen LogP contribution in [0.15, 0.2) is 18.2 Å². The van der Waals surface area contributed by atoms with Crippen molar-refractivity contribution in [2.75, 3.05) is 0 Å². The molecule has 1 aromatic carbocycles. The molecule has 2 aromatic rings. The van der Waals surface area contributed by atoms with Crippen molar-refractivity contribution in [3.8, 4) is 0 Å². The molecule has 1 aromatic heterocycles. The average Bonchev–Trinajstić information content (AvgIpc) is 3.02. The van der Waals surface area contributed by atoms with Gasteiger partial charge >= 0.3 is 136 Å². The van der Waals surface area contributed by atoms with Gasteiger partial charge in [0.1, 0.15) is 0 Å². The Hall–Kier alpha value is -0.591. The second kappa shape index (κ2) is 15.2. The Labute approximate surface area is 187 Å². The zero-order valence-electron chi connectivity index (χ0n) is 19.6. The van der Waals surface area contributed by atoms with Gasteiger partial charge in [-0.15, -0.1) is 0 Å². The van der Waals surface area contributed by atoms with Crippen LogP contribution in [0.2, 0.25) is 0 Å². The van der Waals surface area contributed by atoms with E-state index in [1.54, 1.807) is 15.3 Å². The van der Waals surface area contributed by atoms with Crippen LogP contribution in [0.1, 0.15) is 121 Å². The molecule has 0 saturated heterocycles. The Kier molecular flexibility index (Phi) is 13.0. The number of benzene rings is 1. The van der Waals surface area contributed by atoms with E-state index in [1.807, 2.05) is 0 Å². The first-order valence-corrected chi connectivity index (χ1v) is 14.2. The van der Waals surface area contributed by atoms with E-state index in [-0.39, 0.29) is 0 Å². The van der Waals surface area contributed by atoms with Gasteiger partial charge in [-0.1, -0.05) is 51.9 Å². The SMILES string of the molecule is CCCCCCCCCCCCCCCCCCc1c2cc(C)ccc2[se][n+]1C. The molecule has 0 bridgehead atoms. The van der Waals surface area contributed by atoms with Crippen molar-refractivity contribution < 1.29 is 3.56 Å². The van der Waals surface area contributed by atoms with Crippen LogP contribution in [-0.4, -0.2) is 14.7 Å². The number of hydrogen-bond donors (Lipinski definition) is 0. The molecule has 1 heterocycles. The zero-order valence-corrected chi connectivity index (χ0v) is 21.3. The van der Waals surface area contributed by atoms with Crippen molar-refractivity contribution >= 4 is 24.4 Å². The minimum absolute atomic E-state index is 0.507. The van der Waals surface area contributed by atoms with Crippen molar-refractivity contribution in [1.29, 1.82) is 0 Å². The number of aromatic nitrogens is 1. The molecule has 0 spiro atoms. The molecule has 0 N–H and O–H groups in total. The van der Waals surface area contributed by atoms with Crippen LogP contribution in [0.25, 0.3) is 9.65 Å². The molecule has 0 radical (unpaired) electrons. The van der Waals surface area contributed by atoms with Crippen LogP contribution in [0.5, 0.6) is 0 Å². The molecule has 29 heavy (non-hydrogen) atoms. The Balaban J connectivity index is 1.42. The molecule has 0 aliphatic carbocycles. The van der Waals surface area contributed by atoms with Gasteiger partial charge in [0.2, 0.25) is 0 Å². The number of aryl methyl sites for hydroxylation is 3. The fourth-order valence-corrected chi connectivity index (χ4v) is 6.55. The number of unbranched alkanes of at least 4 members (excludes halogenated alkanes) is 15. The van der Waals surface area contributed by atoms with E-state index in [0.29, 0.717) is 14.7 Å². The Morgan fingerprint density at radius 1 is 0.690 bits per heavy atom. The number of hydrogen-bond acceptors (Lipinski definition) is 0. The van der Waals surface area contributed by atoms with E-state index in [0.717, 1.165) is 0 Å². The molecular weight excluding hydrogens is 417 g/mol. The van der Waals surface area contributed by atoms with Gasteiger partial charge in [0, 0.05) is 0 Å². The van der Waals surface area contributed by atoms with Gasteiger partial charge in [0.15, 0.2) is 0 Å². The summed E-state index contributed by atoms with van der Waals surface area (Å²) in [5, 5.41) is 1.55. The fourth-order valence-electron chi connectivity index (χ4n) is 4.45. The zero-order chi connectivity index (χ0) is 20.7. The summed E-state index contributed by atoms with van der Waals surface area (Å²) in [6, 6.07) is 7.02. The molecule has 0 atom stereocenters. The summed E-state index contributed by atoms with van der Waals surface area (Å²) in [4.78, 5) is 0. The molecular formula is C27H46NSe+. The number of fused-ring (bicyclic) bond motifs is 1.